The number of hydrogen-bond acceptors (Lipinski definition) is 6. The second-order valence-electron chi connectivity index (χ2n) is 11.2. The molecule has 39 heavy (non-hydrogen) atoms. The number of amides is 1. The van der Waals surface area contributed by atoms with Gasteiger partial charge in [0.2, 0.25) is 0 Å². The minimum Gasteiger partial charge on any atom is -0.443 e. The lowest BCUT2D eigenvalue weighted by Gasteiger charge is -2.24. The highest BCUT2D eigenvalue weighted by Crippen LogP contribution is 2.50. The summed E-state index contributed by atoms with van der Waals surface area (Å²) in [4.78, 5) is 13.8. The Labute approximate surface area is 238 Å². The molecule has 0 fully saturated rings. The molecule has 2 unspecified atom stereocenters. The lowest BCUT2D eigenvalue weighted by Crippen LogP contribution is -2.34. The summed E-state index contributed by atoms with van der Waals surface area (Å²) in [7, 11) is -2.02. The van der Waals surface area contributed by atoms with Crippen LogP contribution in [0.2, 0.25) is 0 Å². The van der Waals surface area contributed by atoms with Crippen molar-refractivity contribution in [2.24, 2.45) is 11.8 Å². The van der Waals surface area contributed by atoms with E-state index in [0.29, 0.717) is 25.0 Å². The molecule has 0 aliphatic carbocycles. The van der Waals surface area contributed by atoms with Gasteiger partial charge in [0.25, 0.3) is 0 Å². The number of nitrogens with zero attached hydrogens (tertiary/aromatic N) is 1. The summed E-state index contributed by atoms with van der Waals surface area (Å²) < 4.78 is 36.4. The van der Waals surface area contributed by atoms with E-state index in [1.807, 2.05) is 51.1 Å². The molecule has 0 bridgehead atoms. The third kappa shape index (κ3) is 15.1. The van der Waals surface area contributed by atoms with Crippen molar-refractivity contribution in [2.75, 3.05) is 31.8 Å². The number of hydrogen-bond donors (Lipinski definition) is 0. The first kappa shape index (κ1) is 35.4. The number of rotatable bonds is 19. The van der Waals surface area contributed by atoms with Crippen LogP contribution < -0.4 is 4.90 Å². The van der Waals surface area contributed by atoms with Crippen LogP contribution >= 0.6 is 7.82 Å². The summed E-state index contributed by atoms with van der Waals surface area (Å²) in [6, 6.07) is 7.50. The zero-order valence-electron chi connectivity index (χ0n) is 25.7. The van der Waals surface area contributed by atoms with Crippen LogP contribution in [0.5, 0.6) is 0 Å². The van der Waals surface area contributed by atoms with Gasteiger partial charge in [0.05, 0.1) is 19.8 Å². The lowest BCUT2D eigenvalue weighted by atomic mass is 10.0. The maximum atomic E-state index is 13.5. The van der Waals surface area contributed by atoms with Crippen molar-refractivity contribution in [1.82, 2.24) is 0 Å². The Kier molecular flexibility index (Phi) is 16.9. The number of phosphoric ester groups is 1. The minimum atomic E-state index is -3.70. The fourth-order valence-electron chi connectivity index (χ4n) is 3.86. The van der Waals surface area contributed by atoms with Crippen LogP contribution in [0.4, 0.5) is 10.5 Å². The standard InChI is InChI=1S/C31H54NO6P/c1-9-13-16-26(11-3)24-36-39(34,37-25-27(12-4)17-14-10-2)35-23-15-18-28-19-21-29(22-20-28)32(8)30(33)38-31(5,6)7/h15,18-22,26-27H,9-14,16-17,23-25H2,1-8H3/b18-15-. The van der Waals surface area contributed by atoms with E-state index in [1.165, 1.54) is 4.90 Å². The molecule has 0 saturated carbocycles. The Hall–Kier alpha value is -1.66. The van der Waals surface area contributed by atoms with Crippen molar-refractivity contribution >= 4 is 25.7 Å². The summed E-state index contributed by atoms with van der Waals surface area (Å²) in [5.74, 6) is 0.667. The number of benzene rings is 1. The van der Waals surface area contributed by atoms with Crippen LogP contribution in [-0.2, 0) is 22.9 Å². The Morgan fingerprint density at radius 2 is 1.41 bits per heavy atom. The maximum absolute atomic E-state index is 13.5. The highest BCUT2D eigenvalue weighted by atomic mass is 31.2. The molecule has 0 saturated heterocycles. The van der Waals surface area contributed by atoms with E-state index in [1.54, 1.807) is 13.1 Å². The van der Waals surface area contributed by atoms with Crippen LogP contribution in [0, 0.1) is 11.8 Å². The Bertz CT molecular complexity index is 856. The summed E-state index contributed by atoms with van der Waals surface area (Å²) in [6.45, 7) is 15.0. The van der Waals surface area contributed by atoms with E-state index in [4.69, 9.17) is 18.3 Å². The number of carbonyl (C=O) groups excluding carboxylic acids is 1. The first-order chi connectivity index (χ1) is 18.5. The molecule has 1 aromatic rings. The van der Waals surface area contributed by atoms with Crippen molar-refractivity contribution in [3.8, 4) is 0 Å². The van der Waals surface area contributed by atoms with Gasteiger partial charge < -0.3 is 4.74 Å². The highest BCUT2D eigenvalue weighted by molar-refractivity contribution is 7.48. The summed E-state index contributed by atoms with van der Waals surface area (Å²) in [5.41, 5.74) is 1.10. The summed E-state index contributed by atoms with van der Waals surface area (Å²) >= 11 is 0. The van der Waals surface area contributed by atoms with Crippen LogP contribution in [0.3, 0.4) is 0 Å². The number of anilines is 1. The van der Waals surface area contributed by atoms with Gasteiger partial charge in [0, 0.05) is 12.7 Å². The molecule has 8 heteroatoms. The Morgan fingerprint density at radius 1 is 0.897 bits per heavy atom. The van der Waals surface area contributed by atoms with Crippen molar-refractivity contribution in [3.05, 3.63) is 35.9 Å². The first-order valence-corrected chi connectivity index (χ1v) is 16.2. The van der Waals surface area contributed by atoms with Crippen molar-refractivity contribution < 1.29 is 27.7 Å². The number of ether oxygens (including phenoxy) is 1. The van der Waals surface area contributed by atoms with Crippen LogP contribution in [0.25, 0.3) is 6.08 Å². The normalized spacial score (nSPS) is 15.2. The molecule has 1 aromatic carbocycles. The monoisotopic (exact) mass is 567 g/mol. The molecule has 2 atom stereocenters. The van der Waals surface area contributed by atoms with E-state index in [9.17, 15) is 9.36 Å². The molecule has 0 N–H and O–H groups in total. The van der Waals surface area contributed by atoms with Gasteiger partial charge in [-0.05, 0) is 63.1 Å². The second-order valence-corrected chi connectivity index (χ2v) is 12.9. The van der Waals surface area contributed by atoms with E-state index in [-0.39, 0.29) is 6.61 Å². The molecule has 1 rings (SSSR count). The fraction of sp³-hybridized carbons (Fsp3) is 0.710. The zero-order valence-corrected chi connectivity index (χ0v) is 26.6. The molecule has 0 spiro atoms. The van der Waals surface area contributed by atoms with Crippen LogP contribution in [0.15, 0.2) is 30.3 Å². The average Bonchev–Trinajstić information content (AvgIpc) is 2.90. The van der Waals surface area contributed by atoms with Crippen molar-refractivity contribution in [3.63, 3.8) is 0 Å². The number of carbonyl (C=O) groups is 1. The highest BCUT2D eigenvalue weighted by Gasteiger charge is 2.29. The van der Waals surface area contributed by atoms with Crippen LogP contribution in [0.1, 0.15) is 105 Å². The third-order valence-corrected chi connectivity index (χ3v) is 8.01. The molecular weight excluding hydrogens is 513 g/mol. The molecular formula is C31H54NO6P. The molecule has 224 valence electrons. The molecule has 0 radical (unpaired) electrons. The predicted molar refractivity (Wildman–Crippen MR) is 162 cm³/mol. The average molecular weight is 568 g/mol. The molecule has 0 aliphatic rings. The quantitative estimate of drug-likeness (QED) is 0.155. The topological polar surface area (TPSA) is 74.3 Å². The maximum Gasteiger partial charge on any atom is 0.475 e. The van der Waals surface area contributed by atoms with E-state index >= 15 is 0 Å². The molecule has 0 heterocycles. The SMILES string of the molecule is CCCCC(CC)COP(=O)(OC/C=C\c1ccc(N(C)C(=O)OC(C)(C)C)cc1)OCC(CC)CCCC. The first-order valence-electron chi connectivity index (χ1n) is 14.7. The van der Waals surface area contributed by atoms with Gasteiger partial charge >= 0.3 is 13.9 Å². The van der Waals surface area contributed by atoms with Gasteiger partial charge in [-0.25, -0.2) is 9.36 Å². The van der Waals surface area contributed by atoms with Crippen molar-refractivity contribution in [2.45, 2.75) is 105 Å². The van der Waals surface area contributed by atoms with Crippen molar-refractivity contribution in [1.29, 1.82) is 0 Å². The third-order valence-electron chi connectivity index (χ3n) is 6.61. The van der Waals surface area contributed by atoms with Gasteiger partial charge in [-0.1, -0.05) is 90.5 Å². The second kappa shape index (κ2) is 18.6. The molecule has 1 amide bonds. The van der Waals surface area contributed by atoms with Gasteiger partial charge in [-0.2, -0.15) is 0 Å². The van der Waals surface area contributed by atoms with Gasteiger partial charge in [0.15, 0.2) is 0 Å². The largest absolute Gasteiger partial charge is 0.475 e. The number of phosphoric acid groups is 1. The molecule has 0 aliphatic heterocycles. The van der Waals surface area contributed by atoms with Gasteiger partial charge in [-0.3, -0.25) is 18.5 Å². The fourth-order valence-corrected chi connectivity index (χ4v) is 5.14. The Morgan fingerprint density at radius 3 is 1.85 bits per heavy atom. The minimum absolute atomic E-state index is 0.105. The number of unbranched alkanes of at least 4 members (excludes halogenated alkanes) is 2. The smallest absolute Gasteiger partial charge is 0.443 e. The molecule has 7 nitrogen and oxygen atoms in total. The zero-order chi connectivity index (χ0) is 29.3. The molecule has 0 aromatic heterocycles. The summed E-state index contributed by atoms with van der Waals surface area (Å²) in [5, 5.41) is 0. The van der Waals surface area contributed by atoms with Gasteiger partial charge in [0.1, 0.15) is 5.60 Å². The lowest BCUT2D eigenvalue weighted by molar-refractivity contribution is 0.0589. The van der Waals surface area contributed by atoms with E-state index in [0.717, 1.165) is 62.6 Å². The Balaban J connectivity index is 2.79. The van der Waals surface area contributed by atoms with Crippen LogP contribution in [-0.4, -0.2) is 38.6 Å². The van der Waals surface area contributed by atoms with Gasteiger partial charge in [-0.15, -0.1) is 0 Å². The van der Waals surface area contributed by atoms with E-state index in [2.05, 4.69) is 27.7 Å². The van der Waals surface area contributed by atoms with E-state index < -0.39 is 19.5 Å². The predicted octanol–water partition coefficient (Wildman–Crippen LogP) is 9.66. The summed E-state index contributed by atoms with van der Waals surface area (Å²) in [6.07, 6.45) is 11.8.